The molecule has 0 aromatic heterocycles. The van der Waals surface area contributed by atoms with Gasteiger partial charge < -0.3 is 10.2 Å². The van der Waals surface area contributed by atoms with Gasteiger partial charge in [0.05, 0.1) is 17.0 Å². The Morgan fingerprint density at radius 1 is 1.45 bits per heavy atom. The van der Waals surface area contributed by atoms with Crippen molar-refractivity contribution in [1.82, 2.24) is 0 Å². The van der Waals surface area contributed by atoms with E-state index in [9.17, 15) is 15.0 Å². The number of carboxylic acid groups (broad SMARTS) is 1. The lowest BCUT2D eigenvalue weighted by molar-refractivity contribution is 0.0676. The van der Waals surface area contributed by atoms with E-state index in [4.69, 9.17) is 5.26 Å². The van der Waals surface area contributed by atoms with Crippen molar-refractivity contribution in [3.63, 3.8) is 0 Å². The van der Waals surface area contributed by atoms with Gasteiger partial charge >= 0.3 is 5.97 Å². The number of nitriles is 1. The van der Waals surface area contributed by atoms with E-state index in [-0.39, 0.29) is 5.56 Å². The lowest BCUT2D eigenvalue weighted by Crippen LogP contribution is -2.33. The molecule has 4 nitrogen and oxygen atoms in total. The zero-order chi connectivity index (χ0) is 15.0. The van der Waals surface area contributed by atoms with Gasteiger partial charge in [-0.3, -0.25) is 0 Å². The molecule has 2 N–H and O–H groups in total. The average Bonchev–Trinajstić information content (AvgIpc) is 3.17. The topological polar surface area (TPSA) is 81.3 Å². The van der Waals surface area contributed by atoms with E-state index in [1.165, 1.54) is 6.92 Å². The molecule has 1 saturated carbocycles. The molecule has 0 radical (unpaired) electrons. The van der Waals surface area contributed by atoms with Crippen molar-refractivity contribution in [2.24, 2.45) is 5.41 Å². The summed E-state index contributed by atoms with van der Waals surface area (Å²) in [5, 5.41) is 28.6. The first-order valence-electron chi connectivity index (χ1n) is 6.33. The summed E-state index contributed by atoms with van der Waals surface area (Å²) in [4.78, 5) is 11.2. The fourth-order valence-electron chi connectivity index (χ4n) is 2.20. The van der Waals surface area contributed by atoms with E-state index >= 15 is 0 Å². The second kappa shape index (κ2) is 4.67. The van der Waals surface area contributed by atoms with E-state index in [2.05, 4.69) is 17.9 Å². The molecule has 0 unspecified atom stereocenters. The predicted octanol–water partition coefficient (Wildman–Crippen LogP) is 2.10. The summed E-state index contributed by atoms with van der Waals surface area (Å²) in [6.45, 7) is 3.21. The van der Waals surface area contributed by atoms with Crippen LogP contribution in [-0.4, -0.2) is 21.8 Å². The van der Waals surface area contributed by atoms with Gasteiger partial charge in [0.25, 0.3) is 0 Å². The minimum atomic E-state index is -1.43. The van der Waals surface area contributed by atoms with Crippen LogP contribution in [-0.2, 0) is 0 Å². The SMILES string of the molecule is Cc1cccc(C#C[C@](C)(O)C2(C#N)CC2)c1C(=O)O. The number of aliphatic hydroxyl groups is 1. The van der Waals surface area contributed by atoms with Gasteiger partial charge in [0.1, 0.15) is 5.60 Å². The van der Waals surface area contributed by atoms with E-state index in [1.807, 2.05) is 0 Å². The number of rotatable bonds is 2. The Balaban J connectivity index is 2.43. The Labute approximate surface area is 117 Å². The highest BCUT2D eigenvalue weighted by Crippen LogP contribution is 2.53. The monoisotopic (exact) mass is 269 g/mol. The molecule has 1 aliphatic carbocycles. The third kappa shape index (κ3) is 2.27. The maximum Gasteiger partial charge on any atom is 0.337 e. The summed E-state index contributed by atoms with van der Waals surface area (Å²) < 4.78 is 0. The number of hydrogen-bond acceptors (Lipinski definition) is 3. The highest BCUT2D eigenvalue weighted by Gasteiger charge is 2.56. The smallest absolute Gasteiger partial charge is 0.337 e. The highest BCUT2D eigenvalue weighted by atomic mass is 16.4. The van der Waals surface area contributed by atoms with Crippen molar-refractivity contribution in [3.05, 3.63) is 34.9 Å². The molecule has 1 aromatic rings. The van der Waals surface area contributed by atoms with Crippen LogP contribution in [0.1, 0.15) is 41.3 Å². The number of benzene rings is 1. The lowest BCUT2D eigenvalue weighted by Gasteiger charge is -2.21. The van der Waals surface area contributed by atoms with Gasteiger partial charge in [0.2, 0.25) is 0 Å². The van der Waals surface area contributed by atoms with Gasteiger partial charge in [-0.05, 0) is 38.3 Å². The molecule has 1 fully saturated rings. The maximum atomic E-state index is 11.2. The van der Waals surface area contributed by atoms with Gasteiger partial charge in [-0.2, -0.15) is 5.26 Å². The van der Waals surface area contributed by atoms with Crippen LogP contribution in [0, 0.1) is 35.5 Å². The summed E-state index contributed by atoms with van der Waals surface area (Å²) in [6.07, 6.45) is 1.23. The Bertz CT molecular complexity index is 667. The van der Waals surface area contributed by atoms with Crippen molar-refractivity contribution in [1.29, 1.82) is 5.26 Å². The molecule has 4 heteroatoms. The molecule has 0 saturated heterocycles. The van der Waals surface area contributed by atoms with Crippen LogP contribution >= 0.6 is 0 Å². The van der Waals surface area contributed by atoms with Gasteiger partial charge in [0, 0.05) is 5.56 Å². The normalized spacial score (nSPS) is 18.1. The molecule has 20 heavy (non-hydrogen) atoms. The Kier molecular flexibility index (Phi) is 3.29. The van der Waals surface area contributed by atoms with Crippen LogP contribution in [0.25, 0.3) is 0 Å². The molecule has 1 aromatic carbocycles. The van der Waals surface area contributed by atoms with Gasteiger partial charge in [-0.1, -0.05) is 24.0 Å². The predicted molar refractivity (Wildman–Crippen MR) is 72.9 cm³/mol. The van der Waals surface area contributed by atoms with E-state index in [0.717, 1.165) is 0 Å². The molecule has 102 valence electrons. The quantitative estimate of drug-likeness (QED) is 0.805. The van der Waals surface area contributed by atoms with Crippen molar-refractivity contribution in [2.75, 3.05) is 0 Å². The zero-order valence-corrected chi connectivity index (χ0v) is 11.4. The molecular formula is C16H15NO3. The molecule has 0 spiro atoms. The fraction of sp³-hybridized carbons (Fsp3) is 0.375. The molecule has 1 aliphatic rings. The standard InChI is InChI=1S/C16H15NO3/c1-11-4-3-5-12(13(11)14(18)19)6-7-15(2,20)16(10-17)8-9-16/h3-5,20H,8-9H2,1-2H3,(H,18,19)/t15-/m0/s1. The number of carboxylic acids is 1. The summed E-state index contributed by atoms with van der Waals surface area (Å²) in [7, 11) is 0. The van der Waals surface area contributed by atoms with Crippen molar-refractivity contribution < 1.29 is 15.0 Å². The average molecular weight is 269 g/mol. The van der Waals surface area contributed by atoms with Crippen molar-refractivity contribution in [3.8, 4) is 17.9 Å². The summed E-state index contributed by atoms with van der Waals surface area (Å²) >= 11 is 0. The molecule has 0 aliphatic heterocycles. The molecule has 2 rings (SSSR count). The first-order valence-corrected chi connectivity index (χ1v) is 6.33. The van der Waals surface area contributed by atoms with E-state index in [0.29, 0.717) is 24.0 Å². The Hall–Kier alpha value is -2.30. The van der Waals surface area contributed by atoms with Crippen LogP contribution in [0.4, 0.5) is 0 Å². The molecule has 1 atom stereocenters. The van der Waals surface area contributed by atoms with Crippen LogP contribution in [0.3, 0.4) is 0 Å². The van der Waals surface area contributed by atoms with E-state index in [1.54, 1.807) is 25.1 Å². The highest BCUT2D eigenvalue weighted by molar-refractivity contribution is 5.92. The number of nitrogens with zero attached hydrogens (tertiary/aromatic N) is 1. The maximum absolute atomic E-state index is 11.2. The summed E-state index contributed by atoms with van der Waals surface area (Å²) in [5.41, 5.74) is -1.14. The van der Waals surface area contributed by atoms with Gasteiger partial charge in [-0.25, -0.2) is 4.79 Å². The zero-order valence-electron chi connectivity index (χ0n) is 11.4. The van der Waals surface area contributed by atoms with Crippen molar-refractivity contribution in [2.45, 2.75) is 32.3 Å². The van der Waals surface area contributed by atoms with Crippen LogP contribution in [0.2, 0.25) is 0 Å². The molecule has 0 bridgehead atoms. The third-order valence-corrected chi connectivity index (χ3v) is 3.82. The molecule has 0 heterocycles. The van der Waals surface area contributed by atoms with Gasteiger partial charge in [0.15, 0.2) is 0 Å². The largest absolute Gasteiger partial charge is 0.478 e. The lowest BCUT2D eigenvalue weighted by atomic mass is 9.87. The minimum Gasteiger partial charge on any atom is -0.478 e. The van der Waals surface area contributed by atoms with E-state index < -0.39 is 17.0 Å². The second-order valence-corrected chi connectivity index (χ2v) is 5.32. The number of carbonyl (C=O) groups is 1. The summed E-state index contributed by atoms with van der Waals surface area (Å²) in [5.74, 6) is 4.35. The van der Waals surface area contributed by atoms with Crippen LogP contribution in [0.15, 0.2) is 18.2 Å². The molecular weight excluding hydrogens is 254 g/mol. The third-order valence-electron chi connectivity index (χ3n) is 3.82. The fourth-order valence-corrected chi connectivity index (χ4v) is 2.20. The summed E-state index contributed by atoms with van der Waals surface area (Å²) in [6, 6.07) is 7.13. The number of aryl methyl sites for hydroxylation is 1. The van der Waals surface area contributed by atoms with Crippen molar-refractivity contribution >= 4 is 5.97 Å². The van der Waals surface area contributed by atoms with Gasteiger partial charge in [-0.15, -0.1) is 0 Å². The van der Waals surface area contributed by atoms with Crippen LogP contribution < -0.4 is 0 Å². The molecule has 0 amide bonds. The Morgan fingerprint density at radius 3 is 2.60 bits per heavy atom. The first-order chi connectivity index (χ1) is 9.33. The van der Waals surface area contributed by atoms with Crippen LogP contribution in [0.5, 0.6) is 0 Å². The second-order valence-electron chi connectivity index (χ2n) is 5.32. The first kappa shape index (κ1) is 14.1. The number of aromatic carboxylic acids is 1. The Morgan fingerprint density at radius 2 is 2.10 bits per heavy atom. The minimum absolute atomic E-state index is 0.137. The number of hydrogen-bond donors (Lipinski definition) is 2.